The molecule has 18 heteroatoms. The zero-order chi connectivity index (χ0) is 50.8. The molecule has 4 atom stereocenters. The van der Waals surface area contributed by atoms with Crippen molar-refractivity contribution < 1.29 is 68.3 Å². The molecule has 3 aromatic heterocycles. The molecule has 17 nitrogen and oxygen atoms in total. The van der Waals surface area contributed by atoms with Crippen LogP contribution in [0, 0.1) is 0 Å². The summed E-state index contributed by atoms with van der Waals surface area (Å²) in [5.74, 6) is 0.367. The lowest BCUT2D eigenvalue weighted by Gasteiger charge is -2.29. The number of hydrogen-bond donors (Lipinski definition) is 8. The number of halogens is 1. The molecule has 6 heterocycles. The molecule has 0 amide bonds. The molecule has 72 heavy (non-hydrogen) atoms. The van der Waals surface area contributed by atoms with Crippen molar-refractivity contribution >= 4 is 77.4 Å². The Balaban J connectivity index is 0.000000124. The first-order valence-corrected chi connectivity index (χ1v) is 23.2. The SMILES string of the molecule is C/C(=C/Cc1c(O)ccc2oc3cccc(O)c3c(=O)c12)CO.O=c1c2c(O)cccc2oc2ccc3c(c12)CC(C(O)(CO)CCl)O3.O=c1c2c(O)cccc2oc2ccc3c(c12)CC(C1(CO)CO1)O3. The van der Waals surface area contributed by atoms with Gasteiger partial charge in [0.25, 0.3) is 0 Å². The van der Waals surface area contributed by atoms with E-state index in [0.717, 1.165) is 11.1 Å². The molecule has 12 rings (SSSR count). The number of ether oxygens (including phenoxy) is 3. The molecule has 0 radical (unpaired) electrons. The van der Waals surface area contributed by atoms with Crippen LogP contribution >= 0.6 is 11.6 Å². The van der Waals surface area contributed by atoms with Crippen LogP contribution in [0.4, 0.5) is 0 Å². The molecule has 370 valence electrons. The number of fused-ring (bicyclic) bond motifs is 10. The van der Waals surface area contributed by atoms with E-state index in [9.17, 15) is 50.1 Å². The minimum absolute atomic E-state index is 0.0263. The maximum absolute atomic E-state index is 13.0. The van der Waals surface area contributed by atoms with Crippen LogP contribution in [0.15, 0.2) is 130 Å². The third-order valence-corrected chi connectivity index (χ3v) is 13.9. The number of hydrogen-bond acceptors (Lipinski definition) is 17. The highest BCUT2D eigenvalue weighted by molar-refractivity contribution is 6.18. The van der Waals surface area contributed by atoms with Crippen molar-refractivity contribution in [3.05, 3.63) is 150 Å². The summed E-state index contributed by atoms with van der Waals surface area (Å²) in [7, 11) is 0. The molecule has 0 saturated carbocycles. The Morgan fingerprint density at radius 1 is 0.625 bits per heavy atom. The third kappa shape index (κ3) is 8.09. The Hall–Kier alpha value is -7.64. The molecule has 3 aliphatic heterocycles. The zero-order valence-corrected chi connectivity index (χ0v) is 38.9. The standard InChI is InChI=1S/C18H15ClO6.C18H14O6.C18H16O5/c19-7-18(23,8-20)14-6-9-11(25-14)4-5-13-15(9)17(22)16-10(21)2-1-3-12(16)24-13;19-7-18(8-22-18)14-6-9-11(24-14)4-5-13-15(9)17(21)16-10(20)2-1-3-12(16)23-13;1-10(9-19)5-6-11-12(20)7-8-15-16(11)18(22)17-13(21)3-2-4-14(17)23-15/h1-5,14,20-21,23H,6-8H2;1-5,14,19-20H,6-8H2;2-5,7-8,19-21H,6,9H2,1H3/b;;10-5-. The number of allylic oxidation sites excluding steroid dienone is 1. The van der Waals surface area contributed by atoms with E-state index >= 15 is 0 Å². The predicted octanol–water partition coefficient (Wildman–Crippen LogP) is 6.47. The van der Waals surface area contributed by atoms with Gasteiger partial charge in [0, 0.05) is 29.5 Å². The van der Waals surface area contributed by atoms with E-state index in [1.165, 1.54) is 30.3 Å². The second-order valence-corrected chi connectivity index (χ2v) is 18.2. The summed E-state index contributed by atoms with van der Waals surface area (Å²) >= 11 is 5.78. The quantitative estimate of drug-likeness (QED) is 0.0350. The van der Waals surface area contributed by atoms with Crippen LogP contribution in [-0.4, -0.2) is 96.6 Å². The number of phenolic OH excluding ortho intramolecular Hbond substituents is 4. The molecule has 6 aromatic carbocycles. The van der Waals surface area contributed by atoms with Crippen LogP contribution in [0.25, 0.3) is 65.8 Å². The van der Waals surface area contributed by atoms with Gasteiger partial charge in [-0.3, -0.25) is 14.4 Å². The lowest BCUT2D eigenvalue weighted by atomic mass is 9.94. The molecule has 1 saturated heterocycles. The first-order chi connectivity index (χ1) is 34.6. The summed E-state index contributed by atoms with van der Waals surface area (Å²) in [6.45, 7) is 1.42. The van der Waals surface area contributed by atoms with Gasteiger partial charge in [-0.15, -0.1) is 11.6 Å². The topological polar surface area (TPSA) is 283 Å². The second kappa shape index (κ2) is 18.5. The largest absolute Gasteiger partial charge is 0.508 e. The fraction of sp³-hybridized carbons (Fsp3) is 0.241. The number of aliphatic hydroxyl groups is 4. The van der Waals surface area contributed by atoms with Gasteiger partial charge in [-0.2, -0.15) is 0 Å². The van der Waals surface area contributed by atoms with Crippen molar-refractivity contribution in [2.75, 3.05) is 32.3 Å². The van der Waals surface area contributed by atoms with E-state index < -0.39 is 23.9 Å². The van der Waals surface area contributed by atoms with Crippen molar-refractivity contribution in [3.8, 4) is 34.5 Å². The molecule has 8 N–H and O–H groups in total. The van der Waals surface area contributed by atoms with Gasteiger partial charge in [0.2, 0.25) is 16.3 Å². The number of rotatable bonds is 8. The van der Waals surface area contributed by atoms with E-state index in [2.05, 4.69) is 0 Å². The van der Waals surface area contributed by atoms with Crippen LogP contribution in [0.2, 0.25) is 0 Å². The Labute approximate surface area is 410 Å². The van der Waals surface area contributed by atoms with Gasteiger partial charge in [0.1, 0.15) is 102 Å². The number of aliphatic hydroxyl groups excluding tert-OH is 3. The van der Waals surface area contributed by atoms with Gasteiger partial charge in [-0.05, 0) is 86.1 Å². The number of aromatic hydroxyl groups is 4. The molecule has 4 unspecified atom stereocenters. The molecule has 9 aromatic rings. The van der Waals surface area contributed by atoms with Crippen LogP contribution in [0.5, 0.6) is 34.5 Å². The Morgan fingerprint density at radius 2 is 1.08 bits per heavy atom. The van der Waals surface area contributed by atoms with Gasteiger partial charge in [-0.25, -0.2) is 0 Å². The monoisotopic (exact) mass is 1000 g/mol. The average molecular weight is 1000 g/mol. The Kier molecular flexibility index (Phi) is 12.3. The molecule has 3 aliphatic rings. The molecule has 0 spiro atoms. The summed E-state index contributed by atoms with van der Waals surface area (Å²) in [4.78, 5) is 38.7. The summed E-state index contributed by atoms with van der Waals surface area (Å²) in [5, 5.41) is 79.9. The number of benzene rings is 6. The smallest absolute Gasteiger partial charge is 0.204 e. The summed E-state index contributed by atoms with van der Waals surface area (Å²) < 4.78 is 34.2. The Bertz CT molecular complexity index is 3860. The second-order valence-electron chi connectivity index (χ2n) is 18.0. The van der Waals surface area contributed by atoms with Crippen molar-refractivity contribution in [2.45, 2.75) is 49.6 Å². The average Bonchev–Trinajstić information content (AvgIpc) is 3.84. The van der Waals surface area contributed by atoms with Crippen LogP contribution in [-0.2, 0) is 24.0 Å². The van der Waals surface area contributed by atoms with E-state index in [1.807, 2.05) is 0 Å². The van der Waals surface area contributed by atoms with Crippen molar-refractivity contribution in [3.63, 3.8) is 0 Å². The number of alkyl halides is 1. The molecule has 1 fully saturated rings. The molecule has 0 aliphatic carbocycles. The summed E-state index contributed by atoms with van der Waals surface area (Å²) in [6.07, 6.45) is 1.55. The lowest BCUT2D eigenvalue weighted by Crippen LogP contribution is -2.50. The van der Waals surface area contributed by atoms with Crippen LogP contribution in [0.1, 0.15) is 23.6 Å². The van der Waals surface area contributed by atoms with Crippen LogP contribution in [0.3, 0.4) is 0 Å². The number of phenols is 4. The highest BCUT2D eigenvalue weighted by atomic mass is 35.5. The molecular weight excluding hydrogens is 956 g/mol. The first kappa shape index (κ1) is 48.0. The maximum Gasteiger partial charge on any atom is 0.204 e. The normalized spacial score (nSPS) is 18.8. The van der Waals surface area contributed by atoms with Crippen molar-refractivity contribution in [1.82, 2.24) is 0 Å². The zero-order valence-electron chi connectivity index (χ0n) is 38.2. The summed E-state index contributed by atoms with van der Waals surface area (Å²) in [6, 6.07) is 23.7. The number of epoxide rings is 1. The van der Waals surface area contributed by atoms with Crippen LogP contribution < -0.4 is 25.8 Å². The van der Waals surface area contributed by atoms with Gasteiger partial charge >= 0.3 is 0 Å². The lowest BCUT2D eigenvalue weighted by molar-refractivity contribution is -0.0702. The van der Waals surface area contributed by atoms with Gasteiger partial charge in [0.15, 0.2) is 5.60 Å². The first-order valence-electron chi connectivity index (χ1n) is 22.7. The minimum Gasteiger partial charge on any atom is -0.508 e. The summed E-state index contributed by atoms with van der Waals surface area (Å²) in [5.41, 5.74) is 1.21. The van der Waals surface area contributed by atoms with E-state index in [-0.39, 0.29) is 98.9 Å². The van der Waals surface area contributed by atoms with E-state index in [4.69, 9.17) is 44.2 Å². The fourth-order valence-corrected chi connectivity index (χ4v) is 9.55. The molecular formula is C54H45ClO17. The predicted molar refractivity (Wildman–Crippen MR) is 266 cm³/mol. The van der Waals surface area contributed by atoms with E-state index in [1.54, 1.807) is 73.7 Å². The minimum atomic E-state index is -1.62. The highest BCUT2D eigenvalue weighted by Crippen LogP contribution is 2.44. The molecule has 0 bridgehead atoms. The van der Waals surface area contributed by atoms with Crippen molar-refractivity contribution in [2.24, 2.45) is 0 Å². The fourth-order valence-electron chi connectivity index (χ4n) is 9.29. The van der Waals surface area contributed by atoms with Gasteiger partial charge < -0.3 is 68.3 Å². The van der Waals surface area contributed by atoms with Gasteiger partial charge in [-0.1, -0.05) is 29.8 Å². The maximum atomic E-state index is 13.0. The van der Waals surface area contributed by atoms with Crippen molar-refractivity contribution in [1.29, 1.82) is 0 Å². The Morgan fingerprint density at radius 3 is 1.56 bits per heavy atom. The van der Waals surface area contributed by atoms with Gasteiger partial charge in [0.05, 0.1) is 48.5 Å². The highest BCUT2D eigenvalue weighted by Gasteiger charge is 2.55. The van der Waals surface area contributed by atoms with E-state index in [0.29, 0.717) is 79.9 Å². The third-order valence-electron chi connectivity index (χ3n) is 13.4.